The first-order chi connectivity index (χ1) is 7.36. The molecule has 1 N–H and O–H groups in total. The van der Waals surface area contributed by atoms with E-state index in [1.54, 1.807) is 14.2 Å². The van der Waals surface area contributed by atoms with Crippen molar-refractivity contribution in [1.29, 1.82) is 0 Å². The van der Waals surface area contributed by atoms with Gasteiger partial charge in [-0.05, 0) is 24.6 Å². The van der Waals surface area contributed by atoms with Crippen LogP contribution in [0.1, 0.15) is 17.2 Å². The predicted octanol–water partition coefficient (Wildman–Crippen LogP) is 1.53. The lowest BCUT2D eigenvalue weighted by Crippen LogP contribution is -2.32. The summed E-state index contributed by atoms with van der Waals surface area (Å²) in [6.45, 7) is 1.70. The van der Waals surface area contributed by atoms with Gasteiger partial charge in [-0.25, -0.2) is 0 Å². The fraction of sp³-hybridized carbons (Fsp3) is 0.500. The van der Waals surface area contributed by atoms with Crippen LogP contribution in [0.3, 0.4) is 0 Å². The second-order valence-electron chi connectivity index (χ2n) is 3.74. The average Bonchev–Trinajstić information content (AvgIpc) is 2.29. The fourth-order valence-corrected chi connectivity index (χ4v) is 2.16. The van der Waals surface area contributed by atoms with Gasteiger partial charge in [-0.1, -0.05) is 12.1 Å². The van der Waals surface area contributed by atoms with Gasteiger partial charge in [-0.2, -0.15) is 0 Å². The molecule has 0 spiro atoms. The summed E-state index contributed by atoms with van der Waals surface area (Å²) in [7, 11) is 3.46. The van der Waals surface area contributed by atoms with Crippen LogP contribution >= 0.6 is 0 Å². The van der Waals surface area contributed by atoms with Crippen molar-refractivity contribution in [3.8, 4) is 5.75 Å². The van der Waals surface area contributed by atoms with E-state index in [-0.39, 0.29) is 0 Å². The van der Waals surface area contributed by atoms with Crippen molar-refractivity contribution < 1.29 is 9.47 Å². The third-order valence-electron chi connectivity index (χ3n) is 2.86. The van der Waals surface area contributed by atoms with Crippen LogP contribution in [0.5, 0.6) is 5.75 Å². The fourth-order valence-electron chi connectivity index (χ4n) is 2.16. The molecule has 0 fully saturated rings. The molecule has 0 saturated heterocycles. The Hall–Kier alpha value is -1.06. The molecular weight excluding hydrogens is 190 g/mol. The zero-order chi connectivity index (χ0) is 10.7. The quantitative estimate of drug-likeness (QED) is 0.815. The highest BCUT2D eigenvalue weighted by molar-refractivity contribution is 5.43. The summed E-state index contributed by atoms with van der Waals surface area (Å²) in [5.74, 6) is 0.995. The maximum Gasteiger partial charge on any atom is 0.122 e. The minimum absolute atomic E-state index is 0.300. The molecule has 3 heteroatoms. The Morgan fingerprint density at radius 3 is 3.00 bits per heavy atom. The van der Waals surface area contributed by atoms with Gasteiger partial charge in [0.2, 0.25) is 0 Å². The van der Waals surface area contributed by atoms with Gasteiger partial charge < -0.3 is 14.8 Å². The van der Waals surface area contributed by atoms with Crippen LogP contribution in [0.4, 0.5) is 0 Å². The number of rotatable bonds is 3. The summed E-state index contributed by atoms with van der Waals surface area (Å²) in [6, 6.07) is 6.50. The average molecular weight is 207 g/mol. The molecule has 82 valence electrons. The molecule has 1 unspecified atom stereocenters. The maximum absolute atomic E-state index is 5.37. The Bertz CT molecular complexity index is 338. The molecule has 3 nitrogen and oxygen atoms in total. The van der Waals surface area contributed by atoms with E-state index in [0.717, 1.165) is 18.7 Å². The van der Waals surface area contributed by atoms with Crippen molar-refractivity contribution in [3.63, 3.8) is 0 Å². The number of nitrogens with one attached hydrogen (secondary N) is 1. The van der Waals surface area contributed by atoms with Crippen LogP contribution in [0.2, 0.25) is 0 Å². The number of hydrogen-bond acceptors (Lipinski definition) is 3. The van der Waals surface area contributed by atoms with E-state index in [1.165, 1.54) is 11.1 Å². The summed E-state index contributed by atoms with van der Waals surface area (Å²) in [5.41, 5.74) is 2.63. The van der Waals surface area contributed by atoms with Crippen LogP contribution in [0, 0.1) is 0 Å². The first-order valence-electron chi connectivity index (χ1n) is 5.25. The Kier molecular flexibility index (Phi) is 3.23. The van der Waals surface area contributed by atoms with E-state index in [0.29, 0.717) is 12.6 Å². The van der Waals surface area contributed by atoms with E-state index < -0.39 is 0 Å². The molecule has 1 atom stereocenters. The Morgan fingerprint density at radius 1 is 1.40 bits per heavy atom. The molecule has 0 aliphatic carbocycles. The molecule has 1 aliphatic heterocycles. The Balaban J connectivity index is 2.35. The summed E-state index contributed by atoms with van der Waals surface area (Å²) < 4.78 is 10.6. The number of hydrogen-bond donors (Lipinski definition) is 1. The van der Waals surface area contributed by atoms with Crippen LogP contribution in [-0.2, 0) is 11.2 Å². The van der Waals surface area contributed by atoms with Gasteiger partial charge in [0.25, 0.3) is 0 Å². The zero-order valence-electron chi connectivity index (χ0n) is 9.25. The van der Waals surface area contributed by atoms with Crippen molar-refractivity contribution >= 4 is 0 Å². The van der Waals surface area contributed by atoms with E-state index in [1.807, 2.05) is 12.1 Å². The van der Waals surface area contributed by atoms with Crippen LogP contribution in [0.15, 0.2) is 18.2 Å². The van der Waals surface area contributed by atoms with E-state index >= 15 is 0 Å². The maximum atomic E-state index is 5.37. The molecule has 2 rings (SSSR count). The van der Waals surface area contributed by atoms with E-state index in [2.05, 4.69) is 11.4 Å². The van der Waals surface area contributed by atoms with Crippen LogP contribution in [0.25, 0.3) is 0 Å². The van der Waals surface area contributed by atoms with Gasteiger partial charge in [0.15, 0.2) is 0 Å². The number of ether oxygens (including phenoxy) is 2. The lowest BCUT2D eigenvalue weighted by molar-refractivity contribution is 0.164. The lowest BCUT2D eigenvalue weighted by atomic mass is 9.94. The SMILES string of the molecule is COCC1NCCc2c(OC)cccc21. The number of fused-ring (bicyclic) bond motifs is 1. The molecule has 15 heavy (non-hydrogen) atoms. The molecule has 1 aliphatic rings. The molecule has 0 bridgehead atoms. The normalized spacial score (nSPS) is 19.7. The van der Waals surface area contributed by atoms with Crippen LogP contribution in [-0.4, -0.2) is 27.4 Å². The van der Waals surface area contributed by atoms with Crippen molar-refractivity contribution in [2.24, 2.45) is 0 Å². The molecule has 1 aromatic carbocycles. The Labute approximate surface area is 90.4 Å². The minimum atomic E-state index is 0.300. The van der Waals surface area contributed by atoms with Crippen molar-refractivity contribution in [1.82, 2.24) is 5.32 Å². The summed E-state index contributed by atoms with van der Waals surface area (Å²) in [4.78, 5) is 0. The zero-order valence-corrected chi connectivity index (χ0v) is 9.25. The summed E-state index contributed by atoms with van der Waals surface area (Å²) in [5, 5.41) is 3.45. The van der Waals surface area contributed by atoms with Crippen LogP contribution < -0.4 is 10.1 Å². The molecular formula is C12H17NO2. The van der Waals surface area contributed by atoms with Gasteiger partial charge in [0.1, 0.15) is 5.75 Å². The molecule has 0 amide bonds. The molecule has 0 radical (unpaired) electrons. The highest BCUT2D eigenvalue weighted by Gasteiger charge is 2.21. The van der Waals surface area contributed by atoms with Gasteiger partial charge in [0.05, 0.1) is 19.8 Å². The topological polar surface area (TPSA) is 30.5 Å². The highest BCUT2D eigenvalue weighted by Crippen LogP contribution is 2.30. The van der Waals surface area contributed by atoms with Gasteiger partial charge in [-0.15, -0.1) is 0 Å². The highest BCUT2D eigenvalue weighted by atomic mass is 16.5. The third kappa shape index (κ3) is 1.98. The molecule has 0 saturated carbocycles. The van der Waals surface area contributed by atoms with Gasteiger partial charge >= 0.3 is 0 Å². The van der Waals surface area contributed by atoms with Gasteiger partial charge in [-0.3, -0.25) is 0 Å². The van der Waals surface area contributed by atoms with Crippen molar-refractivity contribution in [3.05, 3.63) is 29.3 Å². The first kappa shape index (κ1) is 10.5. The first-order valence-corrected chi connectivity index (χ1v) is 5.25. The molecule has 1 aromatic rings. The summed E-state index contributed by atoms with van der Waals surface area (Å²) >= 11 is 0. The Morgan fingerprint density at radius 2 is 2.27 bits per heavy atom. The standard InChI is InChI=1S/C12H17NO2/c1-14-8-11-9-4-3-5-12(15-2)10(9)6-7-13-11/h3-5,11,13H,6-8H2,1-2H3. The minimum Gasteiger partial charge on any atom is -0.496 e. The molecule has 1 heterocycles. The van der Waals surface area contributed by atoms with Crippen molar-refractivity contribution in [2.75, 3.05) is 27.4 Å². The molecule has 0 aromatic heterocycles. The summed E-state index contributed by atoms with van der Waals surface area (Å²) in [6.07, 6.45) is 1.03. The predicted molar refractivity (Wildman–Crippen MR) is 59.3 cm³/mol. The van der Waals surface area contributed by atoms with Crippen molar-refractivity contribution in [2.45, 2.75) is 12.5 Å². The smallest absolute Gasteiger partial charge is 0.122 e. The number of methoxy groups -OCH3 is 2. The van der Waals surface area contributed by atoms with E-state index in [4.69, 9.17) is 9.47 Å². The van der Waals surface area contributed by atoms with E-state index in [9.17, 15) is 0 Å². The second kappa shape index (κ2) is 4.64. The number of benzene rings is 1. The van der Waals surface area contributed by atoms with Gasteiger partial charge in [0, 0.05) is 12.7 Å². The second-order valence-corrected chi connectivity index (χ2v) is 3.74. The largest absolute Gasteiger partial charge is 0.496 e. The monoisotopic (exact) mass is 207 g/mol. The third-order valence-corrected chi connectivity index (χ3v) is 2.86. The lowest BCUT2D eigenvalue weighted by Gasteiger charge is -2.27.